The number of nitrogens with one attached hydrogen (secondary N) is 2. The van der Waals surface area contributed by atoms with Crippen LogP contribution in [-0.4, -0.2) is 32.5 Å². The summed E-state index contributed by atoms with van der Waals surface area (Å²) in [6, 6.07) is 0. The summed E-state index contributed by atoms with van der Waals surface area (Å²) < 4.78 is 30.9. The third-order valence-electron chi connectivity index (χ3n) is 1.53. The molecule has 0 bridgehead atoms. The second-order valence-corrected chi connectivity index (χ2v) is 5.73. The monoisotopic (exact) mass is 302 g/mol. The molecule has 0 saturated carbocycles. The molecule has 2 N–H and O–H groups in total. The molecule has 8 heteroatoms. The maximum absolute atomic E-state index is 11.4. The first-order valence-electron chi connectivity index (χ1n) is 4.18. The molecule has 1 amide bonds. The van der Waals surface area contributed by atoms with Crippen molar-refractivity contribution in [2.75, 3.05) is 12.4 Å². The summed E-state index contributed by atoms with van der Waals surface area (Å²) in [4.78, 5) is 10.7. The van der Waals surface area contributed by atoms with Gasteiger partial charge in [0, 0.05) is 10.9 Å². The highest BCUT2D eigenvalue weighted by molar-refractivity contribution is 9.09. The summed E-state index contributed by atoms with van der Waals surface area (Å²) in [5.74, 6) is 0. The molecule has 0 spiro atoms. The van der Waals surface area contributed by atoms with Gasteiger partial charge < -0.3 is 4.74 Å². The largest absolute Gasteiger partial charge is 0.452 e. The first-order valence-corrected chi connectivity index (χ1v) is 6.78. The van der Waals surface area contributed by atoms with Crippen LogP contribution in [0.25, 0.3) is 0 Å². The van der Waals surface area contributed by atoms with Crippen LogP contribution >= 0.6 is 15.9 Å². The van der Waals surface area contributed by atoms with Crippen molar-refractivity contribution in [3.8, 4) is 0 Å². The Labute approximate surface area is 98.1 Å². The number of rotatable bonds is 5. The Kier molecular flexibility index (Phi) is 5.54. The molecule has 0 aromatic carbocycles. The number of alkyl halides is 1. The second-order valence-electron chi connectivity index (χ2n) is 3.52. The summed E-state index contributed by atoms with van der Waals surface area (Å²) in [5.41, 5.74) is -0.636. The molecule has 90 valence electrons. The first-order chi connectivity index (χ1) is 6.72. The van der Waals surface area contributed by atoms with E-state index < -0.39 is 21.8 Å². The predicted molar refractivity (Wildman–Crippen MR) is 60.1 cm³/mol. The van der Waals surface area contributed by atoms with Crippen LogP contribution in [0, 0.1) is 0 Å². The topological polar surface area (TPSA) is 84.5 Å². The second kappa shape index (κ2) is 5.66. The van der Waals surface area contributed by atoms with Gasteiger partial charge in [0.15, 0.2) is 0 Å². The summed E-state index contributed by atoms with van der Waals surface area (Å²) in [6.45, 7) is 3.43. The number of hydrogen-bond donors (Lipinski definition) is 2. The van der Waals surface area contributed by atoms with Gasteiger partial charge in [-0.1, -0.05) is 15.9 Å². The molecule has 0 rings (SSSR count). The van der Waals surface area contributed by atoms with Gasteiger partial charge in [-0.25, -0.2) is 9.52 Å². The van der Waals surface area contributed by atoms with Gasteiger partial charge in [-0.15, -0.1) is 0 Å². The van der Waals surface area contributed by atoms with Crippen molar-refractivity contribution in [1.29, 1.82) is 0 Å². The lowest BCUT2D eigenvalue weighted by molar-refractivity contribution is 0.177. The molecule has 0 heterocycles. The fourth-order valence-corrected chi connectivity index (χ4v) is 3.00. The van der Waals surface area contributed by atoms with E-state index in [4.69, 9.17) is 0 Å². The van der Waals surface area contributed by atoms with Crippen molar-refractivity contribution >= 4 is 32.2 Å². The van der Waals surface area contributed by atoms with Crippen LogP contribution in [0.15, 0.2) is 0 Å². The lowest BCUT2D eigenvalue weighted by atomic mass is 10.0. The average Bonchev–Trinajstić information content (AvgIpc) is 2.00. The van der Waals surface area contributed by atoms with Gasteiger partial charge in [0.2, 0.25) is 0 Å². The van der Waals surface area contributed by atoms with Crippen molar-refractivity contribution < 1.29 is 17.9 Å². The SMILES string of the molecule is COC(=O)NS(=O)(=O)NC(C)(C)CCBr. The van der Waals surface area contributed by atoms with E-state index in [1.807, 2.05) is 0 Å². The Morgan fingerprint density at radius 1 is 1.47 bits per heavy atom. The molecular weight excluding hydrogens is 288 g/mol. The molecule has 6 nitrogen and oxygen atoms in total. The van der Waals surface area contributed by atoms with E-state index in [0.29, 0.717) is 11.8 Å². The zero-order valence-electron chi connectivity index (χ0n) is 8.83. The number of methoxy groups -OCH3 is 1. The van der Waals surface area contributed by atoms with Crippen LogP contribution in [0.5, 0.6) is 0 Å². The molecule has 0 aliphatic heterocycles. The number of amides is 1. The van der Waals surface area contributed by atoms with E-state index >= 15 is 0 Å². The number of carbonyl (C=O) groups is 1. The van der Waals surface area contributed by atoms with E-state index in [2.05, 4.69) is 25.4 Å². The maximum atomic E-state index is 11.4. The van der Waals surface area contributed by atoms with Crippen molar-refractivity contribution in [2.45, 2.75) is 25.8 Å². The summed E-state index contributed by atoms with van der Waals surface area (Å²) in [5, 5.41) is 0.654. The molecule has 0 aliphatic rings. The van der Waals surface area contributed by atoms with Crippen LogP contribution in [0.4, 0.5) is 4.79 Å². The zero-order valence-corrected chi connectivity index (χ0v) is 11.2. The molecule has 0 radical (unpaired) electrons. The first kappa shape index (κ1) is 14.7. The van der Waals surface area contributed by atoms with Crippen molar-refractivity contribution in [3.63, 3.8) is 0 Å². The lowest BCUT2D eigenvalue weighted by Crippen LogP contribution is -2.50. The van der Waals surface area contributed by atoms with Gasteiger partial charge in [0.05, 0.1) is 7.11 Å². The third-order valence-corrected chi connectivity index (χ3v) is 3.19. The molecule has 0 aliphatic carbocycles. The Hall–Kier alpha value is -0.340. The molecule has 0 unspecified atom stereocenters. The Morgan fingerprint density at radius 3 is 2.40 bits per heavy atom. The number of hydrogen-bond acceptors (Lipinski definition) is 4. The smallest absolute Gasteiger partial charge is 0.421 e. The van der Waals surface area contributed by atoms with Gasteiger partial charge in [0.25, 0.3) is 0 Å². The minimum Gasteiger partial charge on any atom is -0.452 e. The number of ether oxygens (including phenoxy) is 1. The molecule has 0 saturated heterocycles. The van der Waals surface area contributed by atoms with Gasteiger partial charge >= 0.3 is 16.3 Å². The van der Waals surface area contributed by atoms with Crippen molar-refractivity contribution in [3.05, 3.63) is 0 Å². The van der Waals surface area contributed by atoms with Crippen LogP contribution in [0.1, 0.15) is 20.3 Å². The van der Waals surface area contributed by atoms with Crippen molar-refractivity contribution in [1.82, 2.24) is 9.44 Å². The molecular formula is C7H15BrN2O4S. The molecule has 0 fully saturated rings. The molecule has 0 aromatic heterocycles. The minimum absolute atomic E-state index is 0.592. The van der Waals surface area contributed by atoms with Crippen LogP contribution in [0.2, 0.25) is 0 Å². The van der Waals surface area contributed by atoms with Crippen LogP contribution in [0.3, 0.4) is 0 Å². The summed E-state index contributed by atoms with van der Waals surface area (Å²) in [7, 11) is -2.78. The van der Waals surface area contributed by atoms with Crippen LogP contribution < -0.4 is 9.44 Å². The van der Waals surface area contributed by atoms with E-state index in [9.17, 15) is 13.2 Å². The van der Waals surface area contributed by atoms with Gasteiger partial charge in [0.1, 0.15) is 0 Å². The van der Waals surface area contributed by atoms with E-state index in [0.717, 1.165) is 7.11 Å². The molecule has 15 heavy (non-hydrogen) atoms. The highest BCUT2D eigenvalue weighted by Crippen LogP contribution is 2.10. The molecule has 0 aromatic rings. The van der Waals surface area contributed by atoms with Gasteiger partial charge in [-0.3, -0.25) is 0 Å². The quantitative estimate of drug-likeness (QED) is 0.734. The van der Waals surface area contributed by atoms with Crippen molar-refractivity contribution in [2.24, 2.45) is 0 Å². The van der Waals surface area contributed by atoms with E-state index in [1.54, 1.807) is 18.6 Å². The number of halogens is 1. The Morgan fingerprint density at radius 2 is 2.00 bits per heavy atom. The zero-order chi connectivity index (χ0) is 12.1. The predicted octanol–water partition coefficient (Wildman–Crippen LogP) is 0.740. The Balaban J connectivity index is 4.44. The summed E-state index contributed by atoms with van der Waals surface area (Å²) in [6.07, 6.45) is -0.424. The third kappa shape index (κ3) is 6.69. The van der Waals surface area contributed by atoms with Crippen LogP contribution in [-0.2, 0) is 14.9 Å². The maximum Gasteiger partial charge on any atom is 0.421 e. The van der Waals surface area contributed by atoms with E-state index in [-0.39, 0.29) is 0 Å². The highest BCUT2D eigenvalue weighted by atomic mass is 79.9. The summed E-state index contributed by atoms with van der Waals surface area (Å²) >= 11 is 3.21. The lowest BCUT2D eigenvalue weighted by Gasteiger charge is -2.24. The minimum atomic E-state index is -3.87. The van der Waals surface area contributed by atoms with Gasteiger partial charge in [-0.2, -0.15) is 13.1 Å². The average molecular weight is 303 g/mol. The number of carbonyl (C=O) groups excluding carboxylic acids is 1. The Bertz CT molecular complexity index is 315. The molecule has 0 atom stereocenters. The van der Waals surface area contributed by atoms with E-state index in [1.165, 1.54) is 0 Å². The highest BCUT2D eigenvalue weighted by Gasteiger charge is 2.25. The van der Waals surface area contributed by atoms with Gasteiger partial charge in [-0.05, 0) is 20.3 Å². The fraction of sp³-hybridized carbons (Fsp3) is 0.857. The normalized spacial score (nSPS) is 12.3. The fourth-order valence-electron chi connectivity index (χ4n) is 0.828. The standard InChI is InChI=1S/C7H15BrN2O4S/c1-7(2,4-5-8)10-15(12,13)9-6(11)14-3/h10H,4-5H2,1-3H3,(H,9,11).